The summed E-state index contributed by atoms with van der Waals surface area (Å²) in [7, 11) is 4.22. The summed E-state index contributed by atoms with van der Waals surface area (Å²) in [4.78, 5) is 11.9. The van der Waals surface area contributed by atoms with E-state index in [1.807, 2.05) is 18.2 Å². The quantitative estimate of drug-likeness (QED) is 0.793. The van der Waals surface area contributed by atoms with Crippen molar-refractivity contribution in [1.82, 2.24) is 14.8 Å². The SMILES string of the molecule is CN(C)CCN1CCN(c2cccc(C(N)=S)n2)CC1. The van der Waals surface area contributed by atoms with Crippen molar-refractivity contribution in [3.63, 3.8) is 0 Å². The average molecular weight is 293 g/mol. The van der Waals surface area contributed by atoms with E-state index in [1.165, 1.54) is 0 Å². The van der Waals surface area contributed by atoms with E-state index in [0.29, 0.717) is 10.7 Å². The van der Waals surface area contributed by atoms with E-state index in [1.54, 1.807) is 0 Å². The number of thiocarbonyl (C=S) groups is 1. The Morgan fingerprint density at radius 2 is 2.00 bits per heavy atom. The average Bonchev–Trinajstić information content (AvgIpc) is 2.46. The third kappa shape index (κ3) is 4.13. The zero-order valence-electron chi connectivity index (χ0n) is 12.2. The van der Waals surface area contributed by atoms with E-state index < -0.39 is 0 Å². The molecule has 0 unspecified atom stereocenters. The summed E-state index contributed by atoms with van der Waals surface area (Å²) in [5, 5.41) is 0. The molecule has 0 spiro atoms. The van der Waals surface area contributed by atoms with Crippen LogP contribution < -0.4 is 10.6 Å². The van der Waals surface area contributed by atoms with E-state index in [9.17, 15) is 0 Å². The molecular formula is C14H23N5S. The highest BCUT2D eigenvalue weighted by Crippen LogP contribution is 2.14. The highest BCUT2D eigenvalue weighted by Gasteiger charge is 2.18. The molecule has 0 radical (unpaired) electrons. The van der Waals surface area contributed by atoms with Crippen LogP contribution in [0.15, 0.2) is 18.2 Å². The normalized spacial score (nSPS) is 16.6. The number of aromatic nitrogens is 1. The Hall–Kier alpha value is -1.24. The molecule has 1 aliphatic heterocycles. The van der Waals surface area contributed by atoms with Gasteiger partial charge in [0.1, 0.15) is 10.8 Å². The molecule has 0 saturated carbocycles. The lowest BCUT2D eigenvalue weighted by Crippen LogP contribution is -2.48. The molecule has 0 bridgehead atoms. The van der Waals surface area contributed by atoms with Gasteiger partial charge in [-0.2, -0.15) is 0 Å². The van der Waals surface area contributed by atoms with Crippen molar-refractivity contribution in [1.29, 1.82) is 0 Å². The van der Waals surface area contributed by atoms with E-state index in [2.05, 4.69) is 33.8 Å². The van der Waals surface area contributed by atoms with Gasteiger partial charge in [-0.3, -0.25) is 4.90 Å². The van der Waals surface area contributed by atoms with E-state index in [0.717, 1.165) is 45.1 Å². The first-order valence-corrected chi connectivity index (χ1v) is 7.36. The van der Waals surface area contributed by atoms with Gasteiger partial charge in [-0.25, -0.2) is 4.98 Å². The molecule has 0 amide bonds. The molecule has 0 aromatic carbocycles. The highest BCUT2D eigenvalue weighted by molar-refractivity contribution is 7.80. The molecule has 5 nitrogen and oxygen atoms in total. The van der Waals surface area contributed by atoms with Crippen LogP contribution in [-0.2, 0) is 0 Å². The van der Waals surface area contributed by atoms with Gasteiger partial charge in [-0.1, -0.05) is 18.3 Å². The monoisotopic (exact) mass is 293 g/mol. The Labute approximate surface area is 126 Å². The summed E-state index contributed by atoms with van der Waals surface area (Å²) < 4.78 is 0. The molecular weight excluding hydrogens is 270 g/mol. The predicted molar refractivity (Wildman–Crippen MR) is 87.3 cm³/mol. The van der Waals surface area contributed by atoms with Gasteiger partial charge in [0.25, 0.3) is 0 Å². The first kappa shape index (κ1) is 15.2. The molecule has 1 fully saturated rings. The minimum atomic E-state index is 0.358. The second kappa shape index (κ2) is 6.97. The van der Waals surface area contributed by atoms with Crippen LogP contribution in [0.5, 0.6) is 0 Å². The maximum atomic E-state index is 5.64. The zero-order chi connectivity index (χ0) is 14.5. The smallest absolute Gasteiger partial charge is 0.129 e. The third-order valence-electron chi connectivity index (χ3n) is 3.55. The van der Waals surface area contributed by atoms with Crippen molar-refractivity contribution >= 4 is 23.0 Å². The Morgan fingerprint density at radius 1 is 1.30 bits per heavy atom. The molecule has 110 valence electrons. The van der Waals surface area contributed by atoms with Gasteiger partial charge >= 0.3 is 0 Å². The third-order valence-corrected chi connectivity index (χ3v) is 3.76. The van der Waals surface area contributed by atoms with Crippen molar-refractivity contribution < 1.29 is 0 Å². The van der Waals surface area contributed by atoms with Crippen molar-refractivity contribution in [2.45, 2.75) is 0 Å². The van der Waals surface area contributed by atoms with Crippen LogP contribution in [0.25, 0.3) is 0 Å². The Balaban J connectivity index is 1.90. The standard InChI is InChI=1S/C14H23N5S/c1-17(2)6-7-18-8-10-19(11-9-18)13-5-3-4-12(16-13)14(15)20/h3-5H,6-11H2,1-2H3,(H2,15,20). The molecule has 1 aromatic heterocycles. The van der Waals surface area contributed by atoms with Crippen LogP contribution in [0, 0.1) is 0 Å². The molecule has 2 heterocycles. The van der Waals surface area contributed by atoms with Crippen molar-refractivity contribution in [2.75, 3.05) is 58.3 Å². The van der Waals surface area contributed by atoms with Crippen LogP contribution in [0.1, 0.15) is 5.69 Å². The number of pyridine rings is 1. The fourth-order valence-corrected chi connectivity index (χ4v) is 2.39. The van der Waals surface area contributed by atoms with Crippen LogP contribution in [-0.4, -0.2) is 73.1 Å². The summed E-state index contributed by atoms with van der Waals surface area (Å²) >= 11 is 4.98. The fraction of sp³-hybridized carbons (Fsp3) is 0.571. The van der Waals surface area contributed by atoms with Gasteiger partial charge in [-0.05, 0) is 26.2 Å². The number of nitrogens with zero attached hydrogens (tertiary/aromatic N) is 4. The van der Waals surface area contributed by atoms with Gasteiger partial charge in [0.2, 0.25) is 0 Å². The van der Waals surface area contributed by atoms with Crippen molar-refractivity contribution in [3.05, 3.63) is 23.9 Å². The van der Waals surface area contributed by atoms with Crippen LogP contribution >= 0.6 is 12.2 Å². The number of hydrogen-bond donors (Lipinski definition) is 1. The second-order valence-electron chi connectivity index (χ2n) is 5.38. The number of piperazine rings is 1. The van der Waals surface area contributed by atoms with E-state index >= 15 is 0 Å². The summed E-state index contributed by atoms with van der Waals surface area (Å²) in [6.07, 6.45) is 0. The Morgan fingerprint density at radius 3 is 2.60 bits per heavy atom. The molecule has 2 N–H and O–H groups in total. The minimum Gasteiger partial charge on any atom is -0.388 e. The molecule has 6 heteroatoms. The Bertz CT molecular complexity index is 455. The van der Waals surface area contributed by atoms with Crippen LogP contribution in [0.4, 0.5) is 5.82 Å². The summed E-state index contributed by atoms with van der Waals surface area (Å²) in [6.45, 7) is 6.39. The maximum Gasteiger partial charge on any atom is 0.129 e. The van der Waals surface area contributed by atoms with Crippen molar-refractivity contribution in [2.24, 2.45) is 5.73 Å². The number of rotatable bonds is 5. The summed E-state index contributed by atoms with van der Waals surface area (Å²) in [5.74, 6) is 0.975. The molecule has 2 rings (SSSR count). The second-order valence-corrected chi connectivity index (χ2v) is 5.82. The lowest BCUT2D eigenvalue weighted by Gasteiger charge is -2.35. The topological polar surface area (TPSA) is 48.6 Å². The largest absolute Gasteiger partial charge is 0.388 e. The van der Waals surface area contributed by atoms with E-state index in [-0.39, 0.29) is 0 Å². The molecule has 1 aromatic rings. The number of anilines is 1. The number of likely N-dealkylation sites (N-methyl/N-ethyl adjacent to an activating group) is 1. The lowest BCUT2D eigenvalue weighted by molar-refractivity contribution is 0.229. The summed E-state index contributed by atoms with van der Waals surface area (Å²) in [5.41, 5.74) is 6.34. The van der Waals surface area contributed by atoms with Crippen LogP contribution in [0.3, 0.4) is 0 Å². The van der Waals surface area contributed by atoms with Gasteiger partial charge in [0, 0.05) is 39.3 Å². The van der Waals surface area contributed by atoms with E-state index in [4.69, 9.17) is 18.0 Å². The first-order chi connectivity index (χ1) is 9.56. The molecule has 0 atom stereocenters. The lowest BCUT2D eigenvalue weighted by atomic mass is 10.3. The minimum absolute atomic E-state index is 0.358. The highest BCUT2D eigenvalue weighted by atomic mass is 32.1. The zero-order valence-corrected chi connectivity index (χ0v) is 13.1. The molecule has 1 aliphatic rings. The van der Waals surface area contributed by atoms with Gasteiger partial charge in [0.15, 0.2) is 0 Å². The van der Waals surface area contributed by atoms with Gasteiger partial charge < -0.3 is 15.5 Å². The number of hydrogen-bond acceptors (Lipinski definition) is 5. The molecule has 1 saturated heterocycles. The number of nitrogens with two attached hydrogens (primary N) is 1. The molecule has 0 aliphatic carbocycles. The van der Waals surface area contributed by atoms with Gasteiger partial charge in [-0.15, -0.1) is 0 Å². The summed E-state index contributed by atoms with van der Waals surface area (Å²) in [6, 6.07) is 5.85. The van der Waals surface area contributed by atoms with Gasteiger partial charge in [0.05, 0.1) is 5.69 Å². The predicted octanol–water partition coefficient (Wildman–Crippen LogP) is 0.399. The fourth-order valence-electron chi connectivity index (χ4n) is 2.28. The van der Waals surface area contributed by atoms with Crippen molar-refractivity contribution in [3.8, 4) is 0 Å². The Kier molecular flexibility index (Phi) is 5.28. The first-order valence-electron chi connectivity index (χ1n) is 6.95. The maximum absolute atomic E-state index is 5.64. The molecule has 20 heavy (non-hydrogen) atoms. The van der Waals surface area contributed by atoms with Crippen LogP contribution in [0.2, 0.25) is 0 Å².